The van der Waals surface area contributed by atoms with Gasteiger partial charge in [-0.2, -0.15) is 0 Å². The Morgan fingerprint density at radius 1 is 1.10 bits per heavy atom. The molecular weight excluding hydrogens is 488 g/mol. The van der Waals surface area contributed by atoms with E-state index >= 15 is 0 Å². The Kier molecular flexibility index (Phi) is 11.8. The molecule has 0 aromatic heterocycles. The average Bonchev–Trinajstić information content (AvgIpc) is 2.91. The number of aliphatic hydroxyl groups is 1. The monoisotopic (exact) mass is 538 g/mol. The molecule has 3 rings (SSSR count). The molecule has 0 radical (unpaired) electrons. The molecule has 0 saturated carbocycles. The second-order valence-corrected chi connectivity index (χ2v) is 12.4. The van der Waals surface area contributed by atoms with Gasteiger partial charge in [-0.1, -0.05) is 57.2 Å². The molecule has 2 N–H and O–H groups in total. The first-order valence-electron chi connectivity index (χ1n) is 14.6. The number of ether oxygens (including phenoxy) is 2. The summed E-state index contributed by atoms with van der Waals surface area (Å²) in [7, 11) is 3.66. The van der Waals surface area contributed by atoms with Crippen molar-refractivity contribution in [2.45, 2.75) is 71.3 Å². The van der Waals surface area contributed by atoms with E-state index < -0.39 is 5.60 Å². The summed E-state index contributed by atoms with van der Waals surface area (Å²) < 4.78 is 11.6. The van der Waals surface area contributed by atoms with Crippen molar-refractivity contribution in [1.82, 2.24) is 10.2 Å². The van der Waals surface area contributed by atoms with E-state index in [-0.39, 0.29) is 23.2 Å². The van der Waals surface area contributed by atoms with Gasteiger partial charge in [0.2, 0.25) is 5.91 Å². The molecule has 0 unspecified atom stereocenters. The number of rotatable bonds is 14. The Hall–Kier alpha value is -2.41. The number of hydrogen-bond donors (Lipinski definition) is 2. The third-order valence-electron chi connectivity index (χ3n) is 7.79. The third kappa shape index (κ3) is 9.33. The number of benzene rings is 2. The Balaban J connectivity index is 1.84. The fourth-order valence-corrected chi connectivity index (χ4v) is 6.07. The van der Waals surface area contributed by atoms with Crippen molar-refractivity contribution in [1.29, 1.82) is 0 Å². The highest BCUT2D eigenvalue weighted by molar-refractivity contribution is 5.76. The SMILES string of the molecule is CNC[C@@H](CC(=O)N1CCC[C@@H]([C@@](O)(CCCCOC)c2ccccc2Oc2ccccc2)C1)CC(C)(C)C. The van der Waals surface area contributed by atoms with Crippen LogP contribution in [0.4, 0.5) is 0 Å². The predicted octanol–water partition coefficient (Wildman–Crippen LogP) is 6.38. The molecule has 0 aliphatic carbocycles. The van der Waals surface area contributed by atoms with Gasteiger partial charge >= 0.3 is 0 Å². The molecule has 2 aromatic rings. The summed E-state index contributed by atoms with van der Waals surface area (Å²) in [6.45, 7) is 9.49. The maximum atomic E-state index is 13.6. The van der Waals surface area contributed by atoms with Crippen LogP contribution in [-0.4, -0.2) is 56.3 Å². The van der Waals surface area contributed by atoms with E-state index in [1.165, 1.54) is 0 Å². The molecule has 0 spiro atoms. The van der Waals surface area contributed by atoms with Crippen molar-refractivity contribution >= 4 is 5.91 Å². The van der Waals surface area contributed by atoms with Crippen molar-refractivity contribution in [3.63, 3.8) is 0 Å². The summed E-state index contributed by atoms with van der Waals surface area (Å²) in [5.41, 5.74) is -0.156. The number of carbonyl (C=O) groups is 1. The molecule has 1 amide bonds. The van der Waals surface area contributed by atoms with Crippen molar-refractivity contribution in [2.24, 2.45) is 17.3 Å². The van der Waals surface area contributed by atoms with Gasteiger partial charge in [-0.25, -0.2) is 0 Å². The van der Waals surface area contributed by atoms with Gasteiger partial charge in [-0.3, -0.25) is 4.79 Å². The van der Waals surface area contributed by atoms with Crippen molar-refractivity contribution in [3.8, 4) is 11.5 Å². The van der Waals surface area contributed by atoms with Crippen LogP contribution in [-0.2, 0) is 15.1 Å². The zero-order valence-electron chi connectivity index (χ0n) is 24.7. The number of hydrogen-bond acceptors (Lipinski definition) is 5. The molecule has 2 aromatic carbocycles. The second-order valence-electron chi connectivity index (χ2n) is 12.4. The van der Waals surface area contributed by atoms with Gasteiger partial charge in [-0.05, 0) is 81.6 Å². The molecule has 6 heteroatoms. The summed E-state index contributed by atoms with van der Waals surface area (Å²) in [5, 5.41) is 15.8. The molecule has 3 atom stereocenters. The highest BCUT2D eigenvalue weighted by Crippen LogP contribution is 2.44. The summed E-state index contributed by atoms with van der Waals surface area (Å²) in [5.74, 6) is 1.81. The highest BCUT2D eigenvalue weighted by atomic mass is 16.5. The number of nitrogens with one attached hydrogen (secondary N) is 1. The fourth-order valence-electron chi connectivity index (χ4n) is 6.07. The number of carbonyl (C=O) groups excluding carboxylic acids is 1. The third-order valence-corrected chi connectivity index (χ3v) is 7.79. The van der Waals surface area contributed by atoms with Crippen LogP contribution in [0.1, 0.15) is 71.3 Å². The zero-order valence-corrected chi connectivity index (χ0v) is 24.7. The summed E-state index contributed by atoms with van der Waals surface area (Å²) in [6, 6.07) is 17.5. The summed E-state index contributed by atoms with van der Waals surface area (Å²) >= 11 is 0. The van der Waals surface area contributed by atoms with Crippen LogP contribution >= 0.6 is 0 Å². The Bertz CT molecular complexity index is 1010. The van der Waals surface area contributed by atoms with Crippen molar-refractivity contribution in [3.05, 3.63) is 60.2 Å². The predicted molar refractivity (Wildman–Crippen MR) is 158 cm³/mol. The van der Waals surface area contributed by atoms with E-state index in [9.17, 15) is 9.90 Å². The lowest BCUT2D eigenvalue weighted by Gasteiger charge is -2.43. The van der Waals surface area contributed by atoms with E-state index in [1.807, 2.05) is 66.5 Å². The first kappa shape index (κ1) is 31.1. The molecule has 39 heavy (non-hydrogen) atoms. The lowest BCUT2D eigenvalue weighted by atomic mass is 9.73. The van der Waals surface area contributed by atoms with E-state index in [0.29, 0.717) is 31.7 Å². The topological polar surface area (TPSA) is 71.0 Å². The Morgan fingerprint density at radius 2 is 1.82 bits per heavy atom. The van der Waals surface area contributed by atoms with Crippen LogP contribution in [0.15, 0.2) is 54.6 Å². The second kappa shape index (κ2) is 14.8. The molecule has 1 aliphatic heterocycles. The number of nitrogens with zero attached hydrogens (tertiary/aromatic N) is 1. The number of piperidine rings is 1. The maximum Gasteiger partial charge on any atom is 0.222 e. The number of unbranched alkanes of at least 4 members (excludes halogenated alkanes) is 1. The quantitative estimate of drug-likeness (QED) is 0.273. The first-order valence-corrected chi connectivity index (χ1v) is 14.6. The smallest absolute Gasteiger partial charge is 0.222 e. The number of likely N-dealkylation sites (tertiary alicyclic amines) is 1. The van der Waals surface area contributed by atoms with E-state index in [0.717, 1.165) is 56.5 Å². The lowest BCUT2D eigenvalue weighted by Crippen LogP contribution is -2.48. The van der Waals surface area contributed by atoms with Crippen LogP contribution in [0, 0.1) is 17.3 Å². The standard InChI is InChI=1S/C33H50N2O4/c1-32(2,3)23-26(24-34-4)22-31(36)35-20-13-14-27(25-35)33(37,19-11-12-21-38-5)29-17-9-10-18-30(29)39-28-15-7-6-8-16-28/h6-10,15-18,26-27,34,37H,11-14,19-25H2,1-5H3/t26-,27+,33-/m0/s1. The van der Waals surface area contributed by atoms with Crippen LogP contribution in [0.2, 0.25) is 0 Å². The molecular formula is C33H50N2O4. The van der Waals surface area contributed by atoms with E-state index in [2.05, 4.69) is 26.1 Å². The summed E-state index contributed by atoms with van der Waals surface area (Å²) in [4.78, 5) is 15.6. The maximum absolute atomic E-state index is 13.6. The molecule has 6 nitrogen and oxygen atoms in total. The minimum atomic E-state index is -1.12. The summed E-state index contributed by atoms with van der Waals surface area (Å²) in [6.07, 6.45) is 5.55. The van der Waals surface area contributed by atoms with E-state index in [4.69, 9.17) is 9.47 Å². The van der Waals surface area contributed by atoms with Gasteiger partial charge in [0.15, 0.2) is 0 Å². The van der Waals surface area contributed by atoms with Gasteiger partial charge in [0.1, 0.15) is 11.5 Å². The van der Waals surface area contributed by atoms with Gasteiger partial charge in [0.25, 0.3) is 0 Å². The fraction of sp³-hybridized carbons (Fsp3) is 0.606. The number of para-hydroxylation sites is 2. The minimum absolute atomic E-state index is 0.0800. The molecule has 1 fully saturated rings. The van der Waals surface area contributed by atoms with E-state index in [1.54, 1.807) is 7.11 Å². The normalized spacial score (nSPS) is 18.4. The zero-order chi connectivity index (χ0) is 28.3. The van der Waals surface area contributed by atoms with Gasteiger partial charge < -0.3 is 24.8 Å². The minimum Gasteiger partial charge on any atom is -0.457 e. The van der Waals surface area contributed by atoms with Crippen LogP contribution in [0.5, 0.6) is 11.5 Å². The molecule has 1 heterocycles. The van der Waals surface area contributed by atoms with Gasteiger partial charge in [0, 0.05) is 44.7 Å². The molecule has 0 bridgehead atoms. The van der Waals surface area contributed by atoms with Gasteiger partial charge in [0.05, 0.1) is 5.60 Å². The number of methoxy groups -OCH3 is 1. The molecule has 1 saturated heterocycles. The van der Waals surface area contributed by atoms with Crippen molar-refractivity contribution < 1.29 is 19.4 Å². The van der Waals surface area contributed by atoms with Crippen LogP contribution in [0.25, 0.3) is 0 Å². The largest absolute Gasteiger partial charge is 0.457 e. The van der Waals surface area contributed by atoms with Crippen molar-refractivity contribution in [2.75, 3.05) is 40.4 Å². The first-order chi connectivity index (χ1) is 18.7. The molecule has 216 valence electrons. The lowest BCUT2D eigenvalue weighted by molar-refractivity contribution is -0.138. The Morgan fingerprint density at radius 3 is 2.51 bits per heavy atom. The molecule has 1 aliphatic rings. The van der Waals surface area contributed by atoms with Crippen LogP contribution < -0.4 is 10.1 Å². The van der Waals surface area contributed by atoms with Gasteiger partial charge in [-0.15, -0.1) is 0 Å². The van der Waals surface area contributed by atoms with Crippen LogP contribution in [0.3, 0.4) is 0 Å². The highest BCUT2D eigenvalue weighted by Gasteiger charge is 2.43. The average molecular weight is 539 g/mol. The number of amides is 1. The Labute approximate surface area is 236 Å².